The summed E-state index contributed by atoms with van der Waals surface area (Å²) in [5.74, 6) is -0.592. The topological polar surface area (TPSA) is 83.0 Å². The Balaban J connectivity index is 2.52. The molecule has 7 nitrogen and oxygen atoms in total. The van der Waals surface area contributed by atoms with E-state index in [-0.39, 0.29) is 30.8 Å². The Morgan fingerprint density at radius 2 is 1.72 bits per heavy atom. The Labute approximate surface area is 149 Å². The lowest BCUT2D eigenvalue weighted by atomic mass is 10.1. The van der Waals surface area contributed by atoms with Crippen LogP contribution in [0.4, 0.5) is 5.69 Å². The van der Waals surface area contributed by atoms with E-state index in [1.54, 1.807) is 28.1 Å². The van der Waals surface area contributed by atoms with Gasteiger partial charge in [-0.2, -0.15) is 0 Å². The van der Waals surface area contributed by atoms with E-state index >= 15 is 0 Å². The van der Waals surface area contributed by atoms with Crippen molar-refractivity contribution >= 4 is 23.4 Å². The van der Waals surface area contributed by atoms with Gasteiger partial charge in [0.25, 0.3) is 11.8 Å². The molecular weight excluding hydrogens is 320 g/mol. The molecule has 0 saturated heterocycles. The van der Waals surface area contributed by atoms with Gasteiger partial charge in [0.2, 0.25) is 5.91 Å². The van der Waals surface area contributed by atoms with E-state index in [1.807, 2.05) is 32.0 Å². The van der Waals surface area contributed by atoms with Crippen molar-refractivity contribution in [2.45, 2.75) is 26.8 Å². The highest BCUT2D eigenvalue weighted by Gasteiger charge is 2.24. The highest BCUT2D eigenvalue weighted by Crippen LogP contribution is 2.18. The maximum absolute atomic E-state index is 12.2. The second-order valence-corrected chi connectivity index (χ2v) is 6.57. The number of aryl methyl sites for hydroxylation is 2. The number of anilines is 1. The zero-order chi connectivity index (χ0) is 19.1. The zero-order valence-electron chi connectivity index (χ0n) is 15.9. The number of nitrogens with zero attached hydrogens (tertiary/aromatic N) is 1. The molecule has 0 spiro atoms. The summed E-state index contributed by atoms with van der Waals surface area (Å²) in [5, 5.41) is 5.46. The summed E-state index contributed by atoms with van der Waals surface area (Å²) in [7, 11) is 5.14. The van der Waals surface area contributed by atoms with Crippen LogP contribution in [0, 0.1) is 13.8 Å². The van der Waals surface area contributed by atoms with Gasteiger partial charge in [-0.3, -0.25) is 14.4 Å². The molecule has 0 bridgehead atoms. The van der Waals surface area contributed by atoms with E-state index < -0.39 is 6.04 Å². The average Bonchev–Trinajstić information content (AvgIpc) is 2.55. The molecule has 0 aliphatic heterocycles. The van der Waals surface area contributed by atoms with Crippen LogP contribution in [0.1, 0.15) is 18.1 Å². The second kappa shape index (κ2) is 9.17. The summed E-state index contributed by atoms with van der Waals surface area (Å²) < 4.78 is 0. The molecule has 0 heterocycles. The number of likely N-dealkylation sites (N-methyl/N-ethyl adjacent to an activating group) is 2. The van der Waals surface area contributed by atoms with Gasteiger partial charge in [-0.05, 0) is 31.9 Å². The molecule has 138 valence electrons. The van der Waals surface area contributed by atoms with Gasteiger partial charge in [-0.1, -0.05) is 18.2 Å². The molecule has 3 amide bonds. The molecule has 0 saturated carbocycles. The molecule has 0 radical (unpaired) electrons. The summed E-state index contributed by atoms with van der Waals surface area (Å²) >= 11 is 0. The van der Waals surface area contributed by atoms with E-state index in [9.17, 15) is 14.4 Å². The van der Waals surface area contributed by atoms with Crippen LogP contribution < -0.4 is 15.5 Å². The van der Waals surface area contributed by atoms with Crippen LogP contribution in [0.25, 0.3) is 0 Å². The first-order chi connectivity index (χ1) is 11.6. The van der Waals surface area contributed by atoms with Crippen LogP contribution in [0.15, 0.2) is 18.2 Å². The van der Waals surface area contributed by atoms with Gasteiger partial charge in [0.05, 0.1) is 13.6 Å². The third-order valence-corrected chi connectivity index (χ3v) is 4.23. The summed E-state index contributed by atoms with van der Waals surface area (Å²) in [6.07, 6.45) is 0. The van der Waals surface area contributed by atoms with E-state index in [0.717, 1.165) is 21.7 Å². The smallest absolute Gasteiger partial charge is 0.278 e. The molecule has 1 aromatic carbocycles. The fraction of sp³-hybridized carbons (Fsp3) is 0.500. The molecule has 0 aromatic heterocycles. The molecule has 25 heavy (non-hydrogen) atoms. The predicted octanol–water partition coefficient (Wildman–Crippen LogP) is -0.650. The summed E-state index contributed by atoms with van der Waals surface area (Å²) in [6.45, 7) is 5.69. The lowest BCUT2D eigenvalue weighted by molar-refractivity contribution is -0.886. The Morgan fingerprint density at radius 1 is 1.16 bits per heavy atom. The third kappa shape index (κ3) is 6.19. The number of para-hydroxylation sites is 1. The maximum Gasteiger partial charge on any atom is 0.278 e. The normalized spacial score (nSPS) is 12.9. The number of amides is 3. The Bertz CT molecular complexity index is 623. The lowest BCUT2D eigenvalue weighted by Crippen LogP contribution is -3.15. The summed E-state index contributed by atoms with van der Waals surface area (Å²) in [6, 6.07) is 5.33. The molecule has 1 rings (SSSR count). The molecule has 3 N–H and O–H groups in total. The minimum Gasteiger partial charge on any atom is -0.344 e. The van der Waals surface area contributed by atoms with Crippen LogP contribution in [-0.4, -0.2) is 62.9 Å². The third-order valence-electron chi connectivity index (χ3n) is 4.23. The van der Waals surface area contributed by atoms with Crippen LogP contribution in [0.5, 0.6) is 0 Å². The number of carbonyl (C=O) groups excluding carboxylic acids is 3. The number of nitrogens with one attached hydrogen (secondary N) is 3. The number of hydrogen-bond acceptors (Lipinski definition) is 3. The highest BCUT2D eigenvalue weighted by atomic mass is 16.2. The van der Waals surface area contributed by atoms with Gasteiger partial charge in [0.1, 0.15) is 0 Å². The monoisotopic (exact) mass is 349 g/mol. The SMILES string of the molecule is Cc1cccc(C)c1NC(=O)CNC(=O)[C@@H](C)[NH+](C)CC(=O)N(C)C. The first-order valence-corrected chi connectivity index (χ1v) is 8.29. The molecule has 1 aromatic rings. The van der Waals surface area contributed by atoms with Gasteiger partial charge in [-0.15, -0.1) is 0 Å². The van der Waals surface area contributed by atoms with Crippen molar-refractivity contribution in [2.75, 3.05) is 39.5 Å². The van der Waals surface area contributed by atoms with Gasteiger partial charge < -0.3 is 20.4 Å². The minimum atomic E-state index is -0.433. The van der Waals surface area contributed by atoms with Crippen LogP contribution in [0.3, 0.4) is 0 Å². The number of rotatable bonds is 7. The van der Waals surface area contributed by atoms with Crippen molar-refractivity contribution < 1.29 is 19.3 Å². The van der Waals surface area contributed by atoms with Crippen LogP contribution >= 0.6 is 0 Å². The van der Waals surface area contributed by atoms with E-state index in [4.69, 9.17) is 0 Å². The van der Waals surface area contributed by atoms with Crippen molar-refractivity contribution in [3.05, 3.63) is 29.3 Å². The van der Waals surface area contributed by atoms with Crippen molar-refractivity contribution in [3.8, 4) is 0 Å². The Morgan fingerprint density at radius 3 is 2.24 bits per heavy atom. The fourth-order valence-electron chi connectivity index (χ4n) is 2.29. The standard InChI is InChI=1S/C18H28N4O3/c1-12-8-7-9-13(2)17(12)20-15(23)10-19-18(25)14(3)22(6)11-16(24)21(4)5/h7-9,14H,10-11H2,1-6H3,(H,19,25)(H,20,23)/p+1/t14-/m1/s1. The average molecular weight is 349 g/mol. The fourth-order valence-corrected chi connectivity index (χ4v) is 2.29. The first kappa shape index (κ1) is 20.6. The lowest BCUT2D eigenvalue weighted by Gasteiger charge is -2.22. The van der Waals surface area contributed by atoms with Crippen molar-refractivity contribution in [2.24, 2.45) is 0 Å². The molecule has 7 heteroatoms. The van der Waals surface area contributed by atoms with E-state index in [1.165, 1.54) is 4.90 Å². The predicted molar refractivity (Wildman–Crippen MR) is 97.5 cm³/mol. The highest BCUT2D eigenvalue weighted by molar-refractivity contribution is 5.96. The number of carbonyl (C=O) groups is 3. The Kier molecular flexibility index (Phi) is 7.57. The van der Waals surface area contributed by atoms with Crippen molar-refractivity contribution in [1.82, 2.24) is 10.2 Å². The van der Waals surface area contributed by atoms with Crippen LogP contribution in [-0.2, 0) is 14.4 Å². The van der Waals surface area contributed by atoms with Crippen molar-refractivity contribution in [3.63, 3.8) is 0 Å². The first-order valence-electron chi connectivity index (χ1n) is 8.29. The second-order valence-electron chi connectivity index (χ2n) is 6.57. The van der Waals surface area contributed by atoms with Crippen molar-refractivity contribution in [1.29, 1.82) is 0 Å². The molecule has 0 fully saturated rings. The van der Waals surface area contributed by atoms with Gasteiger partial charge in [0, 0.05) is 19.8 Å². The van der Waals surface area contributed by atoms with E-state index in [0.29, 0.717) is 0 Å². The number of hydrogen-bond donors (Lipinski definition) is 3. The minimum absolute atomic E-state index is 0.0510. The van der Waals surface area contributed by atoms with Gasteiger partial charge in [-0.25, -0.2) is 0 Å². The number of quaternary nitrogens is 1. The molecular formula is C18H29N4O3+. The molecule has 0 aliphatic carbocycles. The van der Waals surface area contributed by atoms with E-state index in [2.05, 4.69) is 10.6 Å². The quantitative estimate of drug-likeness (QED) is 0.612. The molecule has 0 aliphatic rings. The molecule has 1 unspecified atom stereocenters. The zero-order valence-corrected chi connectivity index (χ0v) is 15.9. The summed E-state index contributed by atoms with van der Waals surface area (Å²) in [4.78, 5) is 38.3. The van der Waals surface area contributed by atoms with Gasteiger partial charge in [0.15, 0.2) is 12.6 Å². The maximum atomic E-state index is 12.2. The molecule has 2 atom stereocenters. The Hall–Kier alpha value is -2.41. The summed E-state index contributed by atoms with van der Waals surface area (Å²) in [5.41, 5.74) is 2.72. The van der Waals surface area contributed by atoms with Gasteiger partial charge >= 0.3 is 0 Å². The largest absolute Gasteiger partial charge is 0.344 e. The number of benzene rings is 1. The van der Waals surface area contributed by atoms with Crippen LogP contribution in [0.2, 0.25) is 0 Å².